The van der Waals surface area contributed by atoms with Crippen LogP contribution in [0.15, 0.2) is 0 Å². The molecular formula is C79H154O17P2. The normalized spacial score (nSPS) is 14.2. The van der Waals surface area contributed by atoms with E-state index in [4.69, 9.17) is 37.0 Å². The van der Waals surface area contributed by atoms with Gasteiger partial charge in [0.2, 0.25) is 0 Å². The zero-order valence-electron chi connectivity index (χ0n) is 64.1. The molecule has 3 N–H and O–H groups in total. The number of unbranched alkanes of at least 4 members (excludes halogenated alkanes) is 47. The van der Waals surface area contributed by atoms with Gasteiger partial charge in [0, 0.05) is 25.7 Å². The van der Waals surface area contributed by atoms with Crippen LogP contribution in [0.2, 0.25) is 0 Å². The molecule has 0 saturated heterocycles. The quantitative estimate of drug-likeness (QED) is 0.0222. The summed E-state index contributed by atoms with van der Waals surface area (Å²) in [6, 6.07) is 0. The Morgan fingerprint density at radius 3 is 0.776 bits per heavy atom. The largest absolute Gasteiger partial charge is 0.472 e. The number of phosphoric acid groups is 2. The molecule has 0 bridgehead atoms. The van der Waals surface area contributed by atoms with Gasteiger partial charge in [-0.15, -0.1) is 0 Å². The third-order valence-corrected chi connectivity index (χ3v) is 20.7. The van der Waals surface area contributed by atoms with Crippen molar-refractivity contribution in [1.29, 1.82) is 0 Å². The molecule has 6 atom stereocenters. The second kappa shape index (κ2) is 70.7. The van der Waals surface area contributed by atoms with E-state index in [0.717, 1.165) is 95.8 Å². The van der Waals surface area contributed by atoms with Gasteiger partial charge in [-0.25, -0.2) is 9.13 Å². The van der Waals surface area contributed by atoms with Gasteiger partial charge in [0.05, 0.1) is 26.4 Å². The average molecular weight is 1440 g/mol. The van der Waals surface area contributed by atoms with Crippen molar-refractivity contribution < 1.29 is 80.2 Å². The fourth-order valence-electron chi connectivity index (χ4n) is 12.2. The topological polar surface area (TPSA) is 237 Å². The first-order valence-corrected chi connectivity index (χ1v) is 44.0. The third-order valence-electron chi connectivity index (χ3n) is 18.8. The summed E-state index contributed by atoms with van der Waals surface area (Å²) in [4.78, 5) is 72.8. The fraction of sp³-hybridized carbons (Fsp3) is 0.949. The number of ether oxygens (including phenoxy) is 4. The average Bonchev–Trinajstić information content (AvgIpc) is 1.12. The Balaban J connectivity index is 5.20. The summed E-state index contributed by atoms with van der Waals surface area (Å²) < 4.78 is 68.6. The predicted molar refractivity (Wildman–Crippen MR) is 400 cm³/mol. The van der Waals surface area contributed by atoms with Crippen molar-refractivity contribution in [2.75, 3.05) is 39.6 Å². The highest BCUT2D eigenvalue weighted by atomic mass is 31.2. The van der Waals surface area contributed by atoms with Crippen molar-refractivity contribution >= 4 is 39.5 Å². The first-order chi connectivity index (χ1) is 47.4. The number of esters is 4. The van der Waals surface area contributed by atoms with Crippen molar-refractivity contribution in [2.24, 2.45) is 11.8 Å². The summed E-state index contributed by atoms with van der Waals surface area (Å²) in [5.74, 6) is -0.569. The molecule has 0 aliphatic rings. The number of aliphatic hydroxyl groups excluding tert-OH is 1. The zero-order valence-corrected chi connectivity index (χ0v) is 65.9. The van der Waals surface area contributed by atoms with E-state index in [1.165, 1.54) is 231 Å². The molecular weight excluding hydrogens is 1280 g/mol. The zero-order chi connectivity index (χ0) is 72.1. The Kier molecular flexibility index (Phi) is 69.3. The highest BCUT2D eigenvalue weighted by molar-refractivity contribution is 7.47. The van der Waals surface area contributed by atoms with Gasteiger partial charge < -0.3 is 33.8 Å². The van der Waals surface area contributed by atoms with Crippen LogP contribution in [-0.4, -0.2) is 96.7 Å². The number of aliphatic hydroxyl groups is 1. The van der Waals surface area contributed by atoms with Crippen molar-refractivity contribution in [3.63, 3.8) is 0 Å². The Labute approximate surface area is 600 Å². The molecule has 582 valence electrons. The van der Waals surface area contributed by atoms with Crippen LogP contribution in [0.1, 0.15) is 414 Å². The molecule has 0 heterocycles. The Morgan fingerprint density at radius 1 is 0.296 bits per heavy atom. The summed E-state index contributed by atoms with van der Waals surface area (Å²) in [7, 11) is -9.91. The third kappa shape index (κ3) is 71.1. The molecule has 0 aromatic heterocycles. The molecule has 98 heavy (non-hydrogen) atoms. The monoisotopic (exact) mass is 1440 g/mol. The van der Waals surface area contributed by atoms with E-state index >= 15 is 0 Å². The van der Waals surface area contributed by atoms with Gasteiger partial charge in [0.1, 0.15) is 19.3 Å². The Hall–Kier alpha value is -1.94. The van der Waals surface area contributed by atoms with Gasteiger partial charge in [-0.05, 0) is 37.5 Å². The molecule has 3 unspecified atom stereocenters. The molecule has 0 fully saturated rings. The molecule has 0 radical (unpaired) electrons. The SMILES string of the molecule is CCCCCCCCCCCCCCCCCCCCCCC(=O)O[C@H](COC(=O)CCCCCCCCCCCCCCCCC(C)CC)COP(=O)(O)OC[C@@H](O)COP(=O)(O)OC[C@@H](COC(=O)CCCCCCCCCCCC)OC(=O)CCCCCCCCCC(C)C. The molecule has 0 amide bonds. The summed E-state index contributed by atoms with van der Waals surface area (Å²) in [5.41, 5.74) is 0. The van der Waals surface area contributed by atoms with Gasteiger partial charge in [0.15, 0.2) is 12.2 Å². The Bertz CT molecular complexity index is 1890. The van der Waals surface area contributed by atoms with E-state index in [9.17, 15) is 43.2 Å². The highest BCUT2D eigenvalue weighted by Gasteiger charge is 2.30. The van der Waals surface area contributed by atoms with Crippen LogP contribution in [0.5, 0.6) is 0 Å². The summed E-state index contributed by atoms with van der Waals surface area (Å²) in [6.07, 6.45) is 59.8. The standard InChI is InChI=1S/C79H154O17P2/c1-7-10-12-14-16-18-20-21-22-23-24-25-26-27-32-35-39-45-51-57-63-78(83)95-74(67-90-77(82)62-56-50-44-38-34-31-29-28-30-33-36-42-48-54-60-72(6)9-3)69-93-97(85,86)91-65-73(80)66-92-98(87,88)94-70-75(96-79(84)64-58-52-46-40-41-47-53-59-71(4)5)68-89-76(81)61-55-49-43-37-19-17-15-13-11-8-2/h71-75,80H,7-70H2,1-6H3,(H,85,86)(H,87,88)/t72?,73-,74-,75-/m1/s1. The molecule has 0 aliphatic carbocycles. The molecule has 17 nitrogen and oxygen atoms in total. The summed E-state index contributed by atoms with van der Waals surface area (Å²) >= 11 is 0. The van der Waals surface area contributed by atoms with E-state index in [1.807, 2.05) is 0 Å². The van der Waals surface area contributed by atoms with Gasteiger partial charge in [0.25, 0.3) is 0 Å². The number of hydrogen-bond donors (Lipinski definition) is 3. The van der Waals surface area contributed by atoms with Crippen molar-refractivity contribution in [3.05, 3.63) is 0 Å². The maximum Gasteiger partial charge on any atom is 0.472 e. The van der Waals surface area contributed by atoms with Crippen molar-refractivity contribution in [2.45, 2.75) is 432 Å². The lowest BCUT2D eigenvalue weighted by atomic mass is 9.99. The van der Waals surface area contributed by atoms with Crippen molar-refractivity contribution in [1.82, 2.24) is 0 Å². The number of hydrogen-bond acceptors (Lipinski definition) is 15. The van der Waals surface area contributed by atoms with Gasteiger partial charge in [-0.1, -0.05) is 363 Å². The highest BCUT2D eigenvalue weighted by Crippen LogP contribution is 2.45. The maximum absolute atomic E-state index is 13.1. The second-order valence-electron chi connectivity index (χ2n) is 29.2. The number of carbonyl (C=O) groups is 4. The minimum Gasteiger partial charge on any atom is -0.462 e. The maximum atomic E-state index is 13.1. The lowest BCUT2D eigenvalue weighted by Crippen LogP contribution is -2.30. The smallest absolute Gasteiger partial charge is 0.462 e. The molecule has 0 aromatic rings. The minimum absolute atomic E-state index is 0.104. The summed E-state index contributed by atoms with van der Waals surface area (Å²) in [6.45, 7) is 9.60. The van der Waals surface area contributed by atoms with Crippen LogP contribution in [0.3, 0.4) is 0 Å². The van der Waals surface area contributed by atoms with Crippen LogP contribution < -0.4 is 0 Å². The van der Waals surface area contributed by atoms with Crippen LogP contribution in [-0.2, 0) is 65.4 Å². The molecule has 0 aliphatic heterocycles. The van der Waals surface area contributed by atoms with E-state index in [2.05, 4.69) is 41.5 Å². The second-order valence-corrected chi connectivity index (χ2v) is 32.1. The number of carbonyl (C=O) groups excluding carboxylic acids is 4. The molecule has 0 rings (SSSR count). The van der Waals surface area contributed by atoms with Crippen LogP contribution in [0.25, 0.3) is 0 Å². The van der Waals surface area contributed by atoms with Crippen LogP contribution in [0, 0.1) is 11.8 Å². The van der Waals surface area contributed by atoms with Crippen LogP contribution in [0.4, 0.5) is 0 Å². The van der Waals surface area contributed by atoms with Crippen LogP contribution >= 0.6 is 15.6 Å². The van der Waals surface area contributed by atoms with E-state index in [1.54, 1.807) is 0 Å². The fourth-order valence-corrected chi connectivity index (χ4v) is 13.7. The molecule has 0 spiro atoms. The Morgan fingerprint density at radius 2 is 0.520 bits per heavy atom. The first-order valence-electron chi connectivity index (χ1n) is 41.0. The number of rotatable bonds is 78. The number of phosphoric ester groups is 2. The predicted octanol–water partition coefficient (Wildman–Crippen LogP) is 23.5. The van der Waals surface area contributed by atoms with Gasteiger partial charge in [-0.2, -0.15) is 0 Å². The molecule has 19 heteroatoms. The van der Waals surface area contributed by atoms with E-state index in [-0.39, 0.29) is 25.7 Å². The minimum atomic E-state index is -4.96. The van der Waals surface area contributed by atoms with Gasteiger partial charge in [-0.3, -0.25) is 37.3 Å². The lowest BCUT2D eigenvalue weighted by molar-refractivity contribution is -0.161. The summed E-state index contributed by atoms with van der Waals surface area (Å²) in [5, 5.41) is 10.6. The van der Waals surface area contributed by atoms with Gasteiger partial charge >= 0.3 is 39.5 Å². The van der Waals surface area contributed by atoms with Crippen molar-refractivity contribution in [3.8, 4) is 0 Å². The van der Waals surface area contributed by atoms with E-state index in [0.29, 0.717) is 31.6 Å². The molecule has 0 saturated carbocycles. The van der Waals surface area contributed by atoms with E-state index < -0.39 is 97.5 Å². The molecule has 0 aromatic carbocycles. The first kappa shape index (κ1) is 96.1. The lowest BCUT2D eigenvalue weighted by Gasteiger charge is -2.21.